The number of aliphatic hydroxyl groups excluding tert-OH is 1. The summed E-state index contributed by atoms with van der Waals surface area (Å²) in [6, 6.07) is 3.33. The van der Waals surface area contributed by atoms with Gasteiger partial charge < -0.3 is 10.4 Å². The number of para-hydroxylation sites is 1. The van der Waals surface area contributed by atoms with Crippen LogP contribution in [0.5, 0.6) is 0 Å². The van der Waals surface area contributed by atoms with Crippen LogP contribution in [0.4, 0.5) is 26.3 Å². The van der Waals surface area contributed by atoms with E-state index in [1.165, 1.54) is 6.07 Å². The van der Waals surface area contributed by atoms with E-state index in [2.05, 4.69) is 4.98 Å². The Bertz CT molecular complexity index is 796. The highest BCUT2D eigenvalue weighted by Gasteiger charge is 2.39. The van der Waals surface area contributed by atoms with Crippen LogP contribution in [0.3, 0.4) is 0 Å². The first-order valence-electron chi connectivity index (χ1n) is 8.18. The lowest BCUT2D eigenvalue weighted by molar-refractivity contribution is -0.705. The van der Waals surface area contributed by atoms with Gasteiger partial charge in [0.05, 0.1) is 17.6 Å². The summed E-state index contributed by atoms with van der Waals surface area (Å²) in [7, 11) is 0. The Kier molecular flexibility index (Phi) is 4.87. The molecular weight excluding hydrogens is 362 g/mol. The van der Waals surface area contributed by atoms with E-state index in [1.54, 1.807) is 0 Å². The summed E-state index contributed by atoms with van der Waals surface area (Å²) < 4.78 is 79.3. The predicted molar refractivity (Wildman–Crippen MR) is 81.1 cm³/mol. The molecule has 0 spiro atoms. The van der Waals surface area contributed by atoms with Crippen molar-refractivity contribution < 1.29 is 36.8 Å². The highest BCUT2D eigenvalue weighted by molar-refractivity contribution is 5.86. The van der Waals surface area contributed by atoms with E-state index in [4.69, 9.17) is 0 Å². The first-order valence-corrected chi connectivity index (χ1v) is 8.18. The molecule has 3 rings (SSSR count). The minimum atomic E-state index is -4.92. The number of pyridine rings is 1. The number of hydrogen-bond donors (Lipinski definition) is 2. The number of quaternary nitrogens is 1. The van der Waals surface area contributed by atoms with Crippen molar-refractivity contribution in [2.75, 3.05) is 6.54 Å². The van der Waals surface area contributed by atoms with Crippen molar-refractivity contribution in [3.05, 3.63) is 41.1 Å². The van der Waals surface area contributed by atoms with E-state index in [0.29, 0.717) is 25.1 Å². The number of rotatable bonds is 2. The monoisotopic (exact) mass is 379 g/mol. The van der Waals surface area contributed by atoms with Gasteiger partial charge in [-0.1, -0.05) is 12.1 Å². The molecule has 9 heteroatoms. The standard InChI is InChI=1S/C17H16F6N2O/c18-16(19,20)11-5-3-4-9-10(15(26)12-6-1-2-7-24-12)8-13(17(21,22)23)25-14(9)11/h3-5,8,12,15,24,26H,1-2,6-7H2/p+1/t12-,15+/m1/s1. The molecule has 2 heterocycles. The highest BCUT2D eigenvalue weighted by Crippen LogP contribution is 2.39. The zero-order valence-electron chi connectivity index (χ0n) is 13.5. The molecular formula is C17H17F6N2O+. The molecule has 1 aromatic heterocycles. The van der Waals surface area contributed by atoms with Crippen molar-refractivity contribution in [2.45, 2.75) is 43.8 Å². The van der Waals surface area contributed by atoms with Gasteiger partial charge in [0.15, 0.2) is 0 Å². The van der Waals surface area contributed by atoms with Crippen LogP contribution in [-0.2, 0) is 12.4 Å². The molecule has 0 saturated carbocycles. The van der Waals surface area contributed by atoms with Crippen LogP contribution in [0, 0.1) is 0 Å². The fraction of sp³-hybridized carbons (Fsp3) is 0.471. The Morgan fingerprint density at radius 3 is 2.38 bits per heavy atom. The number of halogens is 6. The maximum Gasteiger partial charge on any atom is 0.433 e. The van der Waals surface area contributed by atoms with Crippen LogP contribution in [-0.4, -0.2) is 22.7 Å². The number of benzene rings is 1. The molecule has 1 aliphatic rings. The molecule has 0 amide bonds. The van der Waals surface area contributed by atoms with Crippen LogP contribution in [0.2, 0.25) is 0 Å². The Hall–Kier alpha value is -1.87. The largest absolute Gasteiger partial charge is 0.433 e. The second-order valence-electron chi connectivity index (χ2n) is 6.42. The molecule has 2 aromatic rings. The van der Waals surface area contributed by atoms with Crippen molar-refractivity contribution >= 4 is 10.9 Å². The maximum absolute atomic E-state index is 13.2. The van der Waals surface area contributed by atoms with Gasteiger partial charge >= 0.3 is 12.4 Å². The second kappa shape index (κ2) is 6.70. The lowest BCUT2D eigenvalue weighted by Crippen LogP contribution is -2.92. The summed E-state index contributed by atoms with van der Waals surface area (Å²) in [5.74, 6) is 0. The highest BCUT2D eigenvalue weighted by atomic mass is 19.4. The van der Waals surface area contributed by atoms with Gasteiger partial charge in [-0.2, -0.15) is 26.3 Å². The molecule has 0 unspecified atom stereocenters. The van der Waals surface area contributed by atoms with Crippen molar-refractivity contribution in [1.29, 1.82) is 0 Å². The quantitative estimate of drug-likeness (QED) is 0.786. The Morgan fingerprint density at radius 1 is 1.08 bits per heavy atom. The Labute approximate surface area is 145 Å². The zero-order valence-corrected chi connectivity index (χ0v) is 13.5. The molecule has 0 radical (unpaired) electrons. The van der Waals surface area contributed by atoms with E-state index in [1.807, 2.05) is 5.32 Å². The Morgan fingerprint density at radius 2 is 1.81 bits per heavy atom. The summed E-state index contributed by atoms with van der Waals surface area (Å²) in [6.07, 6.45) is -8.78. The molecule has 1 saturated heterocycles. The third-order valence-corrected chi connectivity index (χ3v) is 4.65. The summed E-state index contributed by atoms with van der Waals surface area (Å²) in [5, 5.41) is 12.3. The molecule has 26 heavy (non-hydrogen) atoms. The number of hydrogen-bond acceptors (Lipinski definition) is 2. The van der Waals surface area contributed by atoms with Crippen molar-refractivity contribution in [3.8, 4) is 0 Å². The average Bonchev–Trinajstić information content (AvgIpc) is 2.58. The third-order valence-electron chi connectivity index (χ3n) is 4.65. The molecule has 1 fully saturated rings. The third kappa shape index (κ3) is 3.64. The second-order valence-corrected chi connectivity index (χ2v) is 6.42. The van der Waals surface area contributed by atoms with Crippen LogP contribution >= 0.6 is 0 Å². The number of piperidine rings is 1. The topological polar surface area (TPSA) is 49.7 Å². The van der Waals surface area contributed by atoms with E-state index >= 15 is 0 Å². The van der Waals surface area contributed by atoms with Crippen LogP contribution < -0.4 is 5.32 Å². The molecule has 142 valence electrons. The molecule has 0 bridgehead atoms. The minimum absolute atomic E-state index is 0.112. The summed E-state index contributed by atoms with van der Waals surface area (Å²) in [6.45, 7) is 0.713. The fourth-order valence-corrected chi connectivity index (χ4v) is 3.38. The number of aromatic nitrogens is 1. The van der Waals surface area contributed by atoms with E-state index < -0.39 is 41.3 Å². The molecule has 3 N–H and O–H groups in total. The van der Waals surface area contributed by atoms with Crippen LogP contribution in [0.1, 0.15) is 42.2 Å². The van der Waals surface area contributed by atoms with Crippen LogP contribution in [0.25, 0.3) is 10.9 Å². The smallest absolute Gasteiger partial charge is 0.382 e. The molecule has 3 nitrogen and oxygen atoms in total. The number of aliphatic hydroxyl groups is 1. The lowest BCUT2D eigenvalue weighted by atomic mass is 9.91. The molecule has 0 aliphatic carbocycles. The van der Waals surface area contributed by atoms with Gasteiger partial charge in [-0.3, -0.25) is 0 Å². The molecule has 2 atom stereocenters. The van der Waals surface area contributed by atoms with Crippen molar-refractivity contribution in [2.24, 2.45) is 0 Å². The van der Waals surface area contributed by atoms with Gasteiger partial charge in [-0.05, 0) is 30.5 Å². The number of alkyl halides is 6. The zero-order chi connectivity index (χ0) is 19.1. The molecule has 1 aliphatic heterocycles. The number of nitrogens with two attached hydrogens (primary N) is 1. The van der Waals surface area contributed by atoms with Crippen molar-refractivity contribution in [1.82, 2.24) is 4.98 Å². The van der Waals surface area contributed by atoms with Gasteiger partial charge in [0, 0.05) is 11.8 Å². The SMILES string of the molecule is O[C@@H](c1cc(C(F)(F)F)nc2c(C(F)(F)F)cccc12)[C@H]1CCCC[NH2+]1. The van der Waals surface area contributed by atoms with Gasteiger partial charge in [0.1, 0.15) is 17.8 Å². The first-order chi connectivity index (χ1) is 12.1. The molecule has 1 aromatic carbocycles. The summed E-state index contributed by atoms with van der Waals surface area (Å²) >= 11 is 0. The number of fused-ring (bicyclic) bond motifs is 1. The fourth-order valence-electron chi connectivity index (χ4n) is 3.38. The van der Waals surface area contributed by atoms with E-state index in [-0.39, 0.29) is 10.9 Å². The van der Waals surface area contributed by atoms with E-state index in [0.717, 1.165) is 18.9 Å². The normalized spacial score (nSPS) is 20.3. The summed E-state index contributed by atoms with van der Waals surface area (Å²) in [5.41, 5.74) is -3.65. The van der Waals surface area contributed by atoms with Crippen molar-refractivity contribution in [3.63, 3.8) is 0 Å². The van der Waals surface area contributed by atoms with Gasteiger partial charge in [-0.15, -0.1) is 0 Å². The van der Waals surface area contributed by atoms with Gasteiger partial charge in [-0.25, -0.2) is 4.98 Å². The Balaban J connectivity index is 2.23. The van der Waals surface area contributed by atoms with E-state index in [9.17, 15) is 31.4 Å². The average molecular weight is 379 g/mol. The summed E-state index contributed by atoms with van der Waals surface area (Å²) in [4.78, 5) is 3.23. The maximum atomic E-state index is 13.2. The van der Waals surface area contributed by atoms with Gasteiger partial charge in [0.2, 0.25) is 0 Å². The van der Waals surface area contributed by atoms with Crippen LogP contribution in [0.15, 0.2) is 24.3 Å². The predicted octanol–water partition coefficient (Wildman–Crippen LogP) is 3.42. The number of nitrogens with zero attached hydrogens (tertiary/aromatic N) is 1. The van der Waals surface area contributed by atoms with Gasteiger partial charge in [0.25, 0.3) is 0 Å². The lowest BCUT2D eigenvalue weighted by Gasteiger charge is -2.26. The first kappa shape index (κ1) is 18.9. The minimum Gasteiger partial charge on any atom is -0.382 e.